The molecule has 0 spiro atoms. The predicted octanol–water partition coefficient (Wildman–Crippen LogP) is 2.82. The lowest BCUT2D eigenvalue weighted by atomic mass is 10.3. The molecule has 2 aromatic rings. The summed E-state index contributed by atoms with van der Waals surface area (Å²) < 4.78 is 46.4. The van der Waals surface area contributed by atoms with Crippen molar-refractivity contribution in [3.05, 3.63) is 54.3 Å². The van der Waals surface area contributed by atoms with Gasteiger partial charge in [0.2, 0.25) is 0 Å². The number of benzene rings is 2. The molecular formula is C16H14F3N3O3S. The molecule has 0 aromatic heterocycles. The summed E-state index contributed by atoms with van der Waals surface area (Å²) in [5.41, 5.74) is 5.23. The molecule has 2 rings (SSSR count). The Hall–Kier alpha value is -3.01. The molecule has 138 valence electrons. The van der Waals surface area contributed by atoms with Gasteiger partial charge in [-0.05, 0) is 48.6 Å². The Balaban J connectivity index is 1.71. The molecule has 0 fully saturated rings. The number of hydrazine groups is 1. The number of carbonyl (C=O) groups is 1. The van der Waals surface area contributed by atoms with E-state index in [-0.39, 0.29) is 23.2 Å². The SMILES string of the molecule is O=C(COc1cccc(F)c1)NNC(=S)Nc1ccc(OC(F)F)cc1. The third kappa shape index (κ3) is 6.85. The zero-order valence-electron chi connectivity index (χ0n) is 13.2. The molecule has 6 nitrogen and oxygen atoms in total. The van der Waals surface area contributed by atoms with Gasteiger partial charge in [0.05, 0.1) is 0 Å². The minimum Gasteiger partial charge on any atom is -0.484 e. The van der Waals surface area contributed by atoms with E-state index in [2.05, 4.69) is 20.9 Å². The van der Waals surface area contributed by atoms with Crippen LogP contribution in [0.5, 0.6) is 11.5 Å². The molecule has 0 aliphatic rings. The largest absolute Gasteiger partial charge is 0.484 e. The van der Waals surface area contributed by atoms with Crippen LogP contribution in [0.3, 0.4) is 0 Å². The van der Waals surface area contributed by atoms with Gasteiger partial charge in [-0.3, -0.25) is 15.6 Å². The quantitative estimate of drug-likeness (QED) is 0.525. The molecule has 1 amide bonds. The molecule has 0 bridgehead atoms. The van der Waals surface area contributed by atoms with E-state index in [0.29, 0.717) is 5.69 Å². The first-order chi connectivity index (χ1) is 12.4. The highest BCUT2D eigenvalue weighted by Gasteiger charge is 2.06. The van der Waals surface area contributed by atoms with E-state index in [0.717, 1.165) is 6.07 Å². The summed E-state index contributed by atoms with van der Waals surface area (Å²) in [6, 6.07) is 11.0. The molecule has 0 saturated carbocycles. The summed E-state index contributed by atoms with van der Waals surface area (Å²) in [7, 11) is 0. The van der Waals surface area contributed by atoms with Crippen LogP contribution in [0.1, 0.15) is 0 Å². The zero-order chi connectivity index (χ0) is 18.9. The topological polar surface area (TPSA) is 71.6 Å². The minimum absolute atomic E-state index is 0.00669. The number of amides is 1. The maximum atomic E-state index is 13.0. The van der Waals surface area contributed by atoms with Crippen molar-refractivity contribution in [1.82, 2.24) is 10.9 Å². The number of thiocarbonyl (C=S) groups is 1. The lowest BCUT2D eigenvalue weighted by Gasteiger charge is -2.12. The number of hydrogen-bond donors (Lipinski definition) is 3. The minimum atomic E-state index is -2.90. The number of anilines is 1. The lowest BCUT2D eigenvalue weighted by Crippen LogP contribution is -2.45. The average Bonchev–Trinajstić information content (AvgIpc) is 2.59. The van der Waals surface area contributed by atoms with Gasteiger partial charge in [-0.25, -0.2) is 4.39 Å². The first kappa shape index (κ1) is 19.3. The summed E-state index contributed by atoms with van der Waals surface area (Å²) in [5.74, 6) is -0.797. The van der Waals surface area contributed by atoms with Crippen molar-refractivity contribution in [2.24, 2.45) is 0 Å². The molecule has 10 heteroatoms. The molecule has 0 aliphatic carbocycles. The van der Waals surface area contributed by atoms with Crippen LogP contribution in [0.15, 0.2) is 48.5 Å². The van der Waals surface area contributed by atoms with Crippen molar-refractivity contribution in [2.45, 2.75) is 6.61 Å². The number of hydrogen-bond acceptors (Lipinski definition) is 4. The second-order valence-electron chi connectivity index (χ2n) is 4.78. The summed E-state index contributed by atoms with van der Waals surface area (Å²) in [5, 5.41) is 2.79. The maximum Gasteiger partial charge on any atom is 0.387 e. The molecule has 0 unspecified atom stereocenters. The van der Waals surface area contributed by atoms with Crippen molar-refractivity contribution >= 4 is 28.9 Å². The normalized spacial score (nSPS) is 10.2. The molecule has 3 N–H and O–H groups in total. The average molecular weight is 385 g/mol. The van der Waals surface area contributed by atoms with Gasteiger partial charge in [-0.15, -0.1) is 0 Å². The second-order valence-corrected chi connectivity index (χ2v) is 5.18. The van der Waals surface area contributed by atoms with Crippen LogP contribution < -0.4 is 25.6 Å². The summed E-state index contributed by atoms with van der Waals surface area (Å²) in [6.45, 7) is -3.25. The van der Waals surface area contributed by atoms with Crippen LogP contribution in [0.4, 0.5) is 18.9 Å². The molecule has 2 aromatic carbocycles. The van der Waals surface area contributed by atoms with Crippen molar-refractivity contribution < 1.29 is 27.4 Å². The van der Waals surface area contributed by atoms with Crippen LogP contribution in [0, 0.1) is 5.82 Å². The fraction of sp³-hybridized carbons (Fsp3) is 0.125. The van der Waals surface area contributed by atoms with E-state index in [1.807, 2.05) is 0 Å². The van der Waals surface area contributed by atoms with Gasteiger partial charge in [0.25, 0.3) is 5.91 Å². The Kier molecular flexibility index (Phi) is 7.03. The smallest absolute Gasteiger partial charge is 0.387 e. The number of carbonyl (C=O) groups excluding carboxylic acids is 1. The first-order valence-corrected chi connectivity index (χ1v) is 7.62. The van der Waals surface area contributed by atoms with Crippen LogP contribution in [0.2, 0.25) is 0 Å². The lowest BCUT2D eigenvalue weighted by molar-refractivity contribution is -0.123. The van der Waals surface area contributed by atoms with Gasteiger partial charge in [0.15, 0.2) is 11.7 Å². The monoisotopic (exact) mass is 385 g/mol. The van der Waals surface area contributed by atoms with Gasteiger partial charge in [-0.2, -0.15) is 8.78 Å². The molecular weight excluding hydrogens is 371 g/mol. The van der Waals surface area contributed by atoms with E-state index in [1.165, 1.54) is 42.5 Å². The maximum absolute atomic E-state index is 13.0. The summed E-state index contributed by atoms with van der Waals surface area (Å²) >= 11 is 4.97. The Morgan fingerprint density at radius 3 is 2.46 bits per heavy atom. The summed E-state index contributed by atoms with van der Waals surface area (Å²) in [4.78, 5) is 11.6. The van der Waals surface area contributed by atoms with Crippen molar-refractivity contribution in [2.75, 3.05) is 11.9 Å². The van der Waals surface area contributed by atoms with Gasteiger partial charge in [0, 0.05) is 11.8 Å². The van der Waals surface area contributed by atoms with E-state index in [9.17, 15) is 18.0 Å². The highest BCUT2D eigenvalue weighted by Crippen LogP contribution is 2.17. The standard InChI is InChI=1S/C16H14F3N3O3S/c17-10-2-1-3-13(8-10)24-9-14(23)21-22-16(26)20-11-4-6-12(7-5-11)25-15(18)19/h1-8,15H,9H2,(H,21,23)(H2,20,22,26). The van der Waals surface area contributed by atoms with Crippen molar-refractivity contribution in [1.29, 1.82) is 0 Å². The molecule has 0 heterocycles. The van der Waals surface area contributed by atoms with E-state index in [4.69, 9.17) is 17.0 Å². The third-order valence-corrected chi connectivity index (χ3v) is 3.02. The van der Waals surface area contributed by atoms with E-state index >= 15 is 0 Å². The first-order valence-electron chi connectivity index (χ1n) is 7.21. The van der Waals surface area contributed by atoms with Crippen LogP contribution in [-0.2, 0) is 4.79 Å². The van der Waals surface area contributed by atoms with E-state index < -0.39 is 18.3 Å². The Morgan fingerprint density at radius 2 is 1.81 bits per heavy atom. The zero-order valence-corrected chi connectivity index (χ0v) is 14.0. The number of nitrogens with one attached hydrogen (secondary N) is 3. The number of alkyl halides is 2. The van der Waals surface area contributed by atoms with Crippen molar-refractivity contribution in [3.63, 3.8) is 0 Å². The summed E-state index contributed by atoms with van der Waals surface area (Å²) in [6.07, 6.45) is 0. The highest BCUT2D eigenvalue weighted by molar-refractivity contribution is 7.80. The Bertz CT molecular complexity index is 760. The number of halogens is 3. The van der Waals surface area contributed by atoms with Crippen LogP contribution in [0.25, 0.3) is 0 Å². The molecule has 0 aliphatic heterocycles. The third-order valence-electron chi connectivity index (χ3n) is 2.82. The van der Waals surface area contributed by atoms with Gasteiger partial charge in [-0.1, -0.05) is 6.07 Å². The van der Waals surface area contributed by atoms with Crippen LogP contribution in [-0.4, -0.2) is 24.2 Å². The highest BCUT2D eigenvalue weighted by atomic mass is 32.1. The van der Waals surface area contributed by atoms with Gasteiger partial charge in [0.1, 0.15) is 17.3 Å². The predicted molar refractivity (Wildman–Crippen MR) is 92.5 cm³/mol. The number of rotatable bonds is 6. The second kappa shape index (κ2) is 9.47. The number of ether oxygens (including phenoxy) is 2. The molecule has 26 heavy (non-hydrogen) atoms. The molecule has 0 radical (unpaired) electrons. The Morgan fingerprint density at radius 1 is 1.08 bits per heavy atom. The van der Waals surface area contributed by atoms with Crippen molar-refractivity contribution in [3.8, 4) is 11.5 Å². The Labute approximate surface area is 152 Å². The molecule has 0 saturated heterocycles. The van der Waals surface area contributed by atoms with Gasteiger partial charge >= 0.3 is 6.61 Å². The van der Waals surface area contributed by atoms with Crippen LogP contribution >= 0.6 is 12.2 Å². The van der Waals surface area contributed by atoms with Gasteiger partial charge < -0.3 is 14.8 Å². The molecule has 0 atom stereocenters. The fourth-order valence-corrected chi connectivity index (χ4v) is 1.92. The fourth-order valence-electron chi connectivity index (χ4n) is 1.75. The van der Waals surface area contributed by atoms with E-state index in [1.54, 1.807) is 0 Å².